The van der Waals surface area contributed by atoms with Crippen molar-refractivity contribution in [3.8, 4) is 9.75 Å². The summed E-state index contributed by atoms with van der Waals surface area (Å²) < 4.78 is 30.8. The van der Waals surface area contributed by atoms with Gasteiger partial charge < -0.3 is 9.47 Å². The van der Waals surface area contributed by atoms with Gasteiger partial charge in [-0.25, -0.2) is 8.78 Å². The summed E-state index contributed by atoms with van der Waals surface area (Å²) in [6, 6.07) is 13.6. The fourth-order valence-electron chi connectivity index (χ4n) is 10.4. The first-order valence-corrected chi connectivity index (χ1v) is 32.9. The van der Waals surface area contributed by atoms with Crippen LogP contribution in [0.25, 0.3) is 26.5 Å². The van der Waals surface area contributed by atoms with Gasteiger partial charge in [0.1, 0.15) is 0 Å². The number of thiophene rings is 3. The van der Waals surface area contributed by atoms with Crippen molar-refractivity contribution in [1.82, 2.24) is 4.57 Å². The van der Waals surface area contributed by atoms with Gasteiger partial charge in [0.15, 0.2) is 0 Å². The Kier molecular flexibility index (Phi) is 33.8. The van der Waals surface area contributed by atoms with E-state index in [4.69, 9.17) is 0 Å². The first-order valence-electron chi connectivity index (χ1n) is 30.5. The van der Waals surface area contributed by atoms with Crippen LogP contribution >= 0.6 is 34.0 Å². The normalized spacial score (nSPS) is 12.6. The SMILES string of the molecule is C=C(C(=O)N(CCCCCCCC)c1ccc(=O)n(CCCCCCCC)c1)c1cc(CC(CCCCCCCCCC)CCCCCCCCCCCC)c(-c2ccc(C(/C=C\C(=C\F)c3ccc(C)s3)=C\F)s2)s1. The third-order valence-electron chi connectivity index (χ3n) is 15.1. The van der Waals surface area contributed by atoms with E-state index in [0.717, 1.165) is 73.5 Å². The molecule has 9 heteroatoms. The van der Waals surface area contributed by atoms with Crippen molar-refractivity contribution in [1.29, 1.82) is 0 Å². The number of rotatable bonds is 44. The van der Waals surface area contributed by atoms with Crippen molar-refractivity contribution < 1.29 is 13.6 Å². The zero-order valence-corrected chi connectivity index (χ0v) is 50.6. The molecule has 0 saturated carbocycles. The Morgan fingerprint density at radius 3 is 1.55 bits per heavy atom. The fourth-order valence-corrected chi connectivity index (χ4v) is 13.5. The zero-order chi connectivity index (χ0) is 54.6. The summed E-state index contributed by atoms with van der Waals surface area (Å²) in [6.45, 7) is 16.8. The lowest BCUT2D eigenvalue weighted by Gasteiger charge is -2.24. The standard InChI is InChI=1S/C67H100F2N2O2S3/c1-7-11-15-19-23-25-26-28-30-34-38-56(37-33-29-27-24-20-16-12-8-2)49-59-50-64(76-66(59)63-45-44-62(75-63)58(52-69)41-40-57(51-68)61-43-39-54(5)74-61)55(6)67(73)71(48-36-32-22-18-14-10-4)60-42-46-65(72)70(53-60)47-35-31-21-17-13-9-3/h39-46,50-53,56H,6-38,47-49H2,1-5H3/b41-40-,57-51-,58-52-. The van der Waals surface area contributed by atoms with Gasteiger partial charge in [0, 0.05) is 71.3 Å². The second-order valence-electron chi connectivity index (χ2n) is 21.7. The zero-order valence-electron chi connectivity index (χ0n) is 48.2. The number of nitrogens with zero attached hydrogens (tertiary/aromatic N) is 2. The van der Waals surface area contributed by atoms with Gasteiger partial charge in [0.05, 0.1) is 18.3 Å². The number of anilines is 1. The number of aromatic nitrogens is 1. The molecule has 4 aromatic heterocycles. The molecule has 0 aliphatic carbocycles. The molecule has 0 aliphatic rings. The molecule has 4 heterocycles. The Bertz CT molecular complexity index is 2360. The molecule has 0 spiro atoms. The number of hydrogen-bond acceptors (Lipinski definition) is 5. The lowest BCUT2D eigenvalue weighted by atomic mass is 9.88. The Labute approximate surface area is 473 Å². The van der Waals surface area contributed by atoms with E-state index >= 15 is 4.79 Å². The van der Waals surface area contributed by atoms with Crippen LogP contribution in [-0.4, -0.2) is 17.0 Å². The molecule has 4 rings (SSSR count). The topological polar surface area (TPSA) is 42.3 Å². The summed E-state index contributed by atoms with van der Waals surface area (Å²) >= 11 is 4.67. The number of hydrogen-bond donors (Lipinski definition) is 0. The molecule has 0 saturated heterocycles. The summed E-state index contributed by atoms with van der Waals surface area (Å²) in [6.07, 6.45) is 46.7. The highest BCUT2D eigenvalue weighted by Crippen LogP contribution is 2.43. The number of carbonyl (C=O) groups is 1. The van der Waals surface area contributed by atoms with Gasteiger partial charge >= 0.3 is 0 Å². The number of allylic oxidation sites excluding steroid dienone is 4. The highest BCUT2D eigenvalue weighted by atomic mass is 32.1. The van der Waals surface area contributed by atoms with Crippen LogP contribution in [-0.2, 0) is 17.8 Å². The van der Waals surface area contributed by atoms with Gasteiger partial charge in [-0.2, -0.15) is 0 Å². The first kappa shape index (κ1) is 64.9. The Morgan fingerprint density at radius 1 is 0.579 bits per heavy atom. The van der Waals surface area contributed by atoms with Crippen LogP contribution in [0.5, 0.6) is 0 Å². The third kappa shape index (κ3) is 24.1. The minimum absolute atomic E-state index is 0.0385. The molecule has 1 atom stereocenters. The fraction of sp³-hybridized carbons (Fsp3) is 0.612. The molecule has 4 aromatic rings. The van der Waals surface area contributed by atoms with Gasteiger partial charge in [-0.3, -0.25) is 9.59 Å². The molecule has 0 bridgehead atoms. The molecule has 1 unspecified atom stereocenters. The van der Waals surface area contributed by atoms with E-state index in [0.29, 0.717) is 48.4 Å². The Hall–Kier alpha value is -3.66. The van der Waals surface area contributed by atoms with Crippen molar-refractivity contribution in [2.24, 2.45) is 5.92 Å². The van der Waals surface area contributed by atoms with Gasteiger partial charge in [0.25, 0.3) is 11.5 Å². The molecule has 0 aliphatic heterocycles. The van der Waals surface area contributed by atoms with Crippen LogP contribution in [0.3, 0.4) is 0 Å². The molecule has 0 aromatic carbocycles. The highest BCUT2D eigenvalue weighted by molar-refractivity contribution is 7.23. The van der Waals surface area contributed by atoms with Gasteiger partial charge in [0.2, 0.25) is 0 Å². The van der Waals surface area contributed by atoms with Crippen molar-refractivity contribution in [3.63, 3.8) is 0 Å². The quantitative estimate of drug-likeness (QED) is 0.0252. The van der Waals surface area contributed by atoms with Crippen LogP contribution in [0.2, 0.25) is 0 Å². The van der Waals surface area contributed by atoms with Crippen LogP contribution in [0.15, 0.2) is 84.8 Å². The van der Waals surface area contributed by atoms with E-state index in [-0.39, 0.29) is 11.5 Å². The number of halogens is 2. The smallest absolute Gasteiger partial charge is 0.259 e. The first-order chi connectivity index (χ1) is 37.2. The predicted octanol–water partition coefficient (Wildman–Crippen LogP) is 22.7. The summed E-state index contributed by atoms with van der Waals surface area (Å²) in [5, 5.41) is 0. The third-order valence-corrected chi connectivity index (χ3v) is 18.7. The van der Waals surface area contributed by atoms with Crippen LogP contribution in [0.1, 0.15) is 258 Å². The predicted molar refractivity (Wildman–Crippen MR) is 334 cm³/mol. The lowest BCUT2D eigenvalue weighted by molar-refractivity contribution is -0.113. The number of carbonyl (C=O) groups excluding carboxylic acids is 1. The second kappa shape index (κ2) is 39.7. The summed E-state index contributed by atoms with van der Waals surface area (Å²) in [4.78, 5) is 35.8. The molecule has 422 valence electrons. The van der Waals surface area contributed by atoms with E-state index in [1.165, 1.54) is 202 Å². The van der Waals surface area contributed by atoms with E-state index < -0.39 is 0 Å². The maximum absolute atomic E-state index is 15.1. The lowest BCUT2D eigenvalue weighted by Crippen LogP contribution is -2.33. The average Bonchev–Trinajstić information content (AvgIpc) is 4.20. The van der Waals surface area contributed by atoms with Crippen molar-refractivity contribution >= 4 is 62.3 Å². The number of unbranched alkanes of at least 4 members (excludes halogenated alkanes) is 26. The van der Waals surface area contributed by atoms with E-state index in [1.807, 2.05) is 42.3 Å². The minimum atomic E-state index is -0.129. The number of amides is 1. The molecule has 0 fully saturated rings. The van der Waals surface area contributed by atoms with E-state index in [2.05, 4.69) is 46.4 Å². The van der Waals surface area contributed by atoms with E-state index in [1.54, 1.807) is 34.1 Å². The van der Waals surface area contributed by atoms with Crippen molar-refractivity contribution in [2.75, 3.05) is 11.4 Å². The van der Waals surface area contributed by atoms with Gasteiger partial charge in [-0.05, 0) is 74.1 Å². The summed E-state index contributed by atoms with van der Waals surface area (Å²) in [5.41, 5.74) is 3.19. The number of aryl methyl sites for hydroxylation is 2. The maximum Gasteiger partial charge on any atom is 0.259 e. The number of pyridine rings is 1. The van der Waals surface area contributed by atoms with Crippen molar-refractivity contribution in [2.45, 2.75) is 253 Å². The molecular weight excluding hydrogens is 999 g/mol. The molecule has 1 amide bonds. The maximum atomic E-state index is 15.1. The van der Waals surface area contributed by atoms with Crippen LogP contribution in [0, 0.1) is 12.8 Å². The largest absolute Gasteiger partial charge is 0.313 e. The highest BCUT2D eigenvalue weighted by Gasteiger charge is 2.25. The second-order valence-corrected chi connectivity index (χ2v) is 25.1. The minimum Gasteiger partial charge on any atom is -0.313 e. The average molecular weight is 1100 g/mol. The monoisotopic (exact) mass is 1100 g/mol. The Morgan fingerprint density at radius 2 is 1.05 bits per heavy atom. The van der Waals surface area contributed by atoms with E-state index in [9.17, 15) is 13.6 Å². The molecular formula is C67H100F2N2O2S3. The molecule has 76 heavy (non-hydrogen) atoms. The molecule has 0 radical (unpaired) electrons. The van der Waals surface area contributed by atoms with Gasteiger partial charge in [-0.15, -0.1) is 34.0 Å². The van der Waals surface area contributed by atoms with Crippen LogP contribution < -0.4 is 10.5 Å². The van der Waals surface area contributed by atoms with Crippen LogP contribution in [0.4, 0.5) is 14.5 Å². The molecule has 4 nitrogen and oxygen atoms in total. The van der Waals surface area contributed by atoms with Crippen molar-refractivity contribution in [3.05, 3.63) is 115 Å². The summed E-state index contributed by atoms with van der Waals surface area (Å²) in [7, 11) is 0. The summed E-state index contributed by atoms with van der Waals surface area (Å²) in [5.74, 6) is 0.377. The molecule has 0 N–H and O–H groups in total. The Balaban J connectivity index is 1.68. The van der Waals surface area contributed by atoms with Gasteiger partial charge in [-0.1, -0.05) is 239 Å².